The van der Waals surface area contributed by atoms with Gasteiger partial charge < -0.3 is 15.2 Å². The summed E-state index contributed by atoms with van der Waals surface area (Å²) in [4.78, 5) is 24.4. The predicted molar refractivity (Wildman–Crippen MR) is 114 cm³/mol. The number of aromatic carboxylic acids is 1. The molecule has 9 nitrogen and oxygen atoms in total. The monoisotopic (exact) mass is 423 g/mol. The molecule has 0 aliphatic carbocycles. The third-order valence-electron chi connectivity index (χ3n) is 4.29. The smallest absolute Gasteiger partial charge is 0.335 e. The van der Waals surface area contributed by atoms with Gasteiger partial charge in [0.2, 0.25) is 11.7 Å². The van der Waals surface area contributed by atoms with Crippen LogP contribution in [0.2, 0.25) is 0 Å². The van der Waals surface area contributed by atoms with Gasteiger partial charge in [0, 0.05) is 11.1 Å². The quantitative estimate of drug-likeness (QED) is 0.600. The molecule has 3 aromatic rings. The van der Waals surface area contributed by atoms with E-state index < -0.39 is 5.97 Å². The molecule has 0 unspecified atom stereocenters. The third-order valence-corrected chi connectivity index (χ3v) is 4.29. The minimum absolute atomic E-state index is 0.00838. The average molecular weight is 423 g/mol. The highest BCUT2D eigenvalue weighted by Crippen LogP contribution is 2.20. The standard InChI is InChI=1S/C22H25N5O4/c1-14-11-15(5-10-18(14)21(29)30)13-31-17-8-6-16(7-9-17)20-24-26-27(25-20)12-19(28)23-22(2,3)4/h5-11H,12-13H2,1-4H3,(H,23,28)(H,29,30). The minimum atomic E-state index is -0.944. The molecule has 162 valence electrons. The van der Waals surface area contributed by atoms with Crippen LogP contribution in [0, 0.1) is 6.92 Å². The van der Waals surface area contributed by atoms with Crippen LogP contribution in [-0.4, -0.2) is 42.7 Å². The predicted octanol–water partition coefficient (Wildman–Crippen LogP) is 2.84. The van der Waals surface area contributed by atoms with E-state index in [0.717, 1.165) is 11.1 Å². The maximum absolute atomic E-state index is 12.0. The molecule has 0 saturated carbocycles. The number of carbonyl (C=O) groups is 2. The molecule has 0 aliphatic rings. The van der Waals surface area contributed by atoms with Gasteiger partial charge in [-0.3, -0.25) is 4.79 Å². The fourth-order valence-electron chi connectivity index (χ4n) is 2.93. The molecule has 1 amide bonds. The van der Waals surface area contributed by atoms with Gasteiger partial charge in [-0.05, 0) is 74.4 Å². The summed E-state index contributed by atoms with van der Waals surface area (Å²) in [6.07, 6.45) is 0. The lowest BCUT2D eigenvalue weighted by molar-refractivity contribution is -0.123. The minimum Gasteiger partial charge on any atom is -0.489 e. The van der Waals surface area contributed by atoms with Crippen LogP contribution in [0.5, 0.6) is 5.75 Å². The van der Waals surface area contributed by atoms with Crippen molar-refractivity contribution in [1.29, 1.82) is 0 Å². The molecule has 1 aromatic heterocycles. The molecule has 0 bridgehead atoms. The van der Waals surface area contributed by atoms with Gasteiger partial charge in [0.1, 0.15) is 18.9 Å². The first-order chi connectivity index (χ1) is 14.6. The molecular formula is C22H25N5O4. The maximum Gasteiger partial charge on any atom is 0.335 e. The van der Waals surface area contributed by atoms with E-state index in [1.54, 1.807) is 37.3 Å². The summed E-state index contributed by atoms with van der Waals surface area (Å²) < 4.78 is 5.78. The summed E-state index contributed by atoms with van der Waals surface area (Å²) in [5, 5.41) is 24.1. The number of hydrogen-bond acceptors (Lipinski definition) is 6. The van der Waals surface area contributed by atoms with E-state index in [1.807, 2.05) is 32.9 Å². The van der Waals surface area contributed by atoms with Crippen molar-refractivity contribution in [3.63, 3.8) is 0 Å². The zero-order chi connectivity index (χ0) is 22.6. The van der Waals surface area contributed by atoms with E-state index >= 15 is 0 Å². The lowest BCUT2D eigenvalue weighted by Crippen LogP contribution is -2.42. The first-order valence-electron chi connectivity index (χ1n) is 9.75. The Bertz CT molecular complexity index is 1080. The van der Waals surface area contributed by atoms with E-state index in [0.29, 0.717) is 23.7 Å². The number of nitrogens with one attached hydrogen (secondary N) is 1. The van der Waals surface area contributed by atoms with Crippen molar-refractivity contribution >= 4 is 11.9 Å². The van der Waals surface area contributed by atoms with Crippen LogP contribution in [0.15, 0.2) is 42.5 Å². The second-order valence-corrected chi connectivity index (χ2v) is 8.21. The van der Waals surface area contributed by atoms with Gasteiger partial charge in [-0.1, -0.05) is 12.1 Å². The molecule has 31 heavy (non-hydrogen) atoms. The lowest BCUT2D eigenvalue weighted by atomic mass is 10.1. The number of aromatic nitrogens is 4. The van der Waals surface area contributed by atoms with Crippen molar-refractivity contribution in [2.75, 3.05) is 0 Å². The van der Waals surface area contributed by atoms with E-state index in [-0.39, 0.29) is 23.6 Å². The summed E-state index contributed by atoms with van der Waals surface area (Å²) >= 11 is 0. The number of ether oxygens (including phenoxy) is 1. The Balaban J connectivity index is 1.59. The lowest BCUT2D eigenvalue weighted by Gasteiger charge is -2.19. The topological polar surface area (TPSA) is 119 Å². The Kier molecular flexibility index (Phi) is 6.33. The number of rotatable bonds is 7. The Hall–Kier alpha value is -3.75. The van der Waals surface area contributed by atoms with Crippen LogP contribution >= 0.6 is 0 Å². The highest BCUT2D eigenvalue weighted by molar-refractivity contribution is 5.89. The summed E-state index contributed by atoms with van der Waals surface area (Å²) in [5.74, 6) is -0.0663. The van der Waals surface area contributed by atoms with Crippen molar-refractivity contribution < 1.29 is 19.4 Å². The number of aryl methyl sites for hydroxylation is 1. The van der Waals surface area contributed by atoms with Crippen LogP contribution in [0.4, 0.5) is 0 Å². The number of benzene rings is 2. The number of nitrogens with zero attached hydrogens (tertiary/aromatic N) is 4. The van der Waals surface area contributed by atoms with Crippen molar-refractivity contribution in [1.82, 2.24) is 25.5 Å². The zero-order valence-corrected chi connectivity index (χ0v) is 17.9. The average Bonchev–Trinajstić information content (AvgIpc) is 3.13. The highest BCUT2D eigenvalue weighted by atomic mass is 16.5. The summed E-state index contributed by atoms with van der Waals surface area (Å²) in [5.41, 5.74) is 2.27. The van der Waals surface area contributed by atoms with Gasteiger partial charge in [0.05, 0.1) is 5.56 Å². The maximum atomic E-state index is 12.0. The van der Waals surface area contributed by atoms with E-state index in [4.69, 9.17) is 9.84 Å². The number of carboxylic acids is 1. The van der Waals surface area contributed by atoms with Crippen molar-refractivity contribution in [3.8, 4) is 17.1 Å². The fraction of sp³-hybridized carbons (Fsp3) is 0.318. The fourth-order valence-corrected chi connectivity index (χ4v) is 2.93. The molecule has 3 rings (SSSR count). The summed E-state index contributed by atoms with van der Waals surface area (Å²) in [6.45, 7) is 7.78. The van der Waals surface area contributed by atoms with Gasteiger partial charge in [0.15, 0.2) is 0 Å². The van der Waals surface area contributed by atoms with Crippen molar-refractivity contribution in [2.24, 2.45) is 0 Å². The molecule has 1 heterocycles. The zero-order valence-electron chi connectivity index (χ0n) is 17.9. The molecule has 9 heteroatoms. The van der Waals surface area contributed by atoms with Gasteiger partial charge in [-0.25, -0.2) is 4.79 Å². The molecule has 0 radical (unpaired) electrons. The third kappa shape index (κ3) is 6.11. The van der Waals surface area contributed by atoms with Crippen molar-refractivity contribution in [3.05, 3.63) is 59.2 Å². The van der Waals surface area contributed by atoms with Gasteiger partial charge in [-0.2, -0.15) is 4.80 Å². The van der Waals surface area contributed by atoms with E-state index in [1.165, 1.54) is 4.80 Å². The Morgan fingerprint density at radius 2 is 1.84 bits per heavy atom. The second kappa shape index (κ2) is 8.95. The van der Waals surface area contributed by atoms with Gasteiger partial charge >= 0.3 is 5.97 Å². The normalized spacial score (nSPS) is 11.2. The Morgan fingerprint density at radius 3 is 2.45 bits per heavy atom. The molecule has 0 saturated heterocycles. The van der Waals surface area contributed by atoms with E-state index in [9.17, 15) is 9.59 Å². The van der Waals surface area contributed by atoms with Crippen LogP contribution in [0.3, 0.4) is 0 Å². The molecule has 2 N–H and O–H groups in total. The van der Waals surface area contributed by atoms with E-state index in [2.05, 4.69) is 20.7 Å². The van der Waals surface area contributed by atoms with Crippen LogP contribution in [-0.2, 0) is 17.9 Å². The molecule has 0 aliphatic heterocycles. The summed E-state index contributed by atoms with van der Waals surface area (Å²) in [7, 11) is 0. The SMILES string of the molecule is Cc1cc(COc2ccc(-c3nnn(CC(=O)NC(C)(C)C)n3)cc2)ccc1C(=O)O. The van der Waals surface area contributed by atoms with Crippen LogP contribution in [0.1, 0.15) is 42.3 Å². The molecule has 0 spiro atoms. The number of tetrazole rings is 1. The molecule has 0 fully saturated rings. The number of carboxylic acid groups (broad SMARTS) is 1. The number of amides is 1. The van der Waals surface area contributed by atoms with Crippen LogP contribution in [0.25, 0.3) is 11.4 Å². The molecule has 0 atom stereocenters. The van der Waals surface area contributed by atoms with Gasteiger partial charge in [0.25, 0.3) is 0 Å². The first-order valence-corrected chi connectivity index (χ1v) is 9.75. The van der Waals surface area contributed by atoms with Crippen LogP contribution < -0.4 is 10.1 Å². The second-order valence-electron chi connectivity index (χ2n) is 8.21. The Labute approximate surface area is 180 Å². The highest BCUT2D eigenvalue weighted by Gasteiger charge is 2.15. The largest absolute Gasteiger partial charge is 0.489 e. The molecular weight excluding hydrogens is 398 g/mol. The summed E-state index contributed by atoms with van der Waals surface area (Å²) in [6, 6.07) is 12.3. The van der Waals surface area contributed by atoms with Gasteiger partial charge in [-0.15, -0.1) is 10.2 Å². The number of hydrogen-bond donors (Lipinski definition) is 2. The Morgan fingerprint density at radius 1 is 1.13 bits per heavy atom. The first kappa shape index (κ1) is 21.9. The number of carbonyl (C=O) groups excluding carboxylic acids is 1. The molecule has 2 aromatic carbocycles. The van der Waals surface area contributed by atoms with Crippen molar-refractivity contribution in [2.45, 2.75) is 46.4 Å².